The molecule has 0 aliphatic rings. The van der Waals surface area contributed by atoms with Crippen LogP contribution in [0.25, 0.3) is 0 Å². The number of halogens is 1. The molecule has 0 aliphatic heterocycles. The molecular weight excluding hydrogens is 340 g/mol. The summed E-state index contributed by atoms with van der Waals surface area (Å²) in [5, 5.41) is 16.8. The van der Waals surface area contributed by atoms with Gasteiger partial charge >= 0.3 is 0 Å². The first kappa shape index (κ1) is 15.0. The summed E-state index contributed by atoms with van der Waals surface area (Å²) in [6.07, 6.45) is 0. The highest BCUT2D eigenvalue weighted by atomic mass is 79.9. The molecule has 21 heavy (non-hydrogen) atoms. The predicted molar refractivity (Wildman–Crippen MR) is 84.4 cm³/mol. The van der Waals surface area contributed by atoms with Gasteiger partial charge in [-0.05, 0) is 28.1 Å². The summed E-state index contributed by atoms with van der Waals surface area (Å²) >= 11 is 3.40. The molecule has 8 heteroatoms. The first-order valence-electron chi connectivity index (χ1n) is 5.98. The zero-order valence-electron chi connectivity index (χ0n) is 11.4. The number of nitrogens with zero attached hydrogens (tertiary/aromatic N) is 2. The normalized spacial score (nSPS) is 10.0. The molecule has 0 atom stereocenters. The molecule has 0 radical (unpaired) electrons. The Morgan fingerprint density at radius 1 is 1.29 bits per heavy atom. The molecule has 7 nitrogen and oxygen atoms in total. The van der Waals surface area contributed by atoms with Crippen molar-refractivity contribution in [2.45, 2.75) is 0 Å². The lowest BCUT2D eigenvalue weighted by molar-refractivity contribution is -0.384. The molecule has 0 bridgehead atoms. The highest BCUT2D eigenvalue weighted by Gasteiger charge is 2.12. The molecule has 2 N–H and O–H groups in total. The molecule has 1 heterocycles. The van der Waals surface area contributed by atoms with Gasteiger partial charge in [0.25, 0.3) is 5.69 Å². The number of hydrogen-bond donors (Lipinski definition) is 2. The van der Waals surface area contributed by atoms with E-state index in [1.54, 1.807) is 26.3 Å². The zero-order valence-corrected chi connectivity index (χ0v) is 13.0. The van der Waals surface area contributed by atoms with Gasteiger partial charge in [0, 0.05) is 17.6 Å². The van der Waals surface area contributed by atoms with Crippen LogP contribution < -0.4 is 15.4 Å². The van der Waals surface area contributed by atoms with Gasteiger partial charge in [-0.3, -0.25) is 10.1 Å². The molecule has 0 spiro atoms. The number of nitrogens with one attached hydrogen (secondary N) is 2. The minimum absolute atomic E-state index is 0.0455. The number of rotatable bonds is 5. The van der Waals surface area contributed by atoms with Gasteiger partial charge in [-0.15, -0.1) is 0 Å². The molecular formula is C13H13BrN4O3. The van der Waals surface area contributed by atoms with E-state index in [0.717, 1.165) is 4.47 Å². The van der Waals surface area contributed by atoms with Crippen LogP contribution in [0.4, 0.5) is 23.0 Å². The second-order valence-electron chi connectivity index (χ2n) is 4.07. The number of methoxy groups -OCH3 is 1. The summed E-state index contributed by atoms with van der Waals surface area (Å²) in [4.78, 5) is 14.7. The Balaban J connectivity index is 2.39. The monoisotopic (exact) mass is 352 g/mol. The van der Waals surface area contributed by atoms with E-state index in [-0.39, 0.29) is 5.69 Å². The molecule has 0 aliphatic carbocycles. The van der Waals surface area contributed by atoms with Crippen LogP contribution in [0.1, 0.15) is 0 Å². The fraction of sp³-hybridized carbons (Fsp3) is 0.154. The Morgan fingerprint density at radius 2 is 2.00 bits per heavy atom. The Morgan fingerprint density at radius 3 is 2.62 bits per heavy atom. The van der Waals surface area contributed by atoms with Crippen molar-refractivity contribution in [1.29, 1.82) is 0 Å². The maximum absolute atomic E-state index is 10.9. The average Bonchev–Trinajstić information content (AvgIpc) is 2.49. The molecule has 2 rings (SSSR count). The number of nitro groups is 1. The fourth-order valence-corrected chi connectivity index (χ4v) is 2.02. The number of pyridine rings is 1. The fourth-order valence-electron chi connectivity index (χ4n) is 1.68. The van der Waals surface area contributed by atoms with Crippen LogP contribution in [0, 0.1) is 10.1 Å². The summed E-state index contributed by atoms with van der Waals surface area (Å²) in [5.41, 5.74) is 0.653. The van der Waals surface area contributed by atoms with Crippen LogP contribution in [0.2, 0.25) is 0 Å². The molecule has 0 fully saturated rings. The van der Waals surface area contributed by atoms with Crippen molar-refractivity contribution >= 4 is 38.9 Å². The summed E-state index contributed by atoms with van der Waals surface area (Å²) < 4.78 is 5.95. The number of benzene rings is 1. The molecule has 110 valence electrons. The van der Waals surface area contributed by atoms with E-state index in [4.69, 9.17) is 4.74 Å². The second-order valence-corrected chi connectivity index (χ2v) is 4.93. The third kappa shape index (κ3) is 3.60. The van der Waals surface area contributed by atoms with Gasteiger partial charge in [0.15, 0.2) is 0 Å². The van der Waals surface area contributed by atoms with Gasteiger partial charge in [0.05, 0.1) is 29.9 Å². The summed E-state index contributed by atoms with van der Waals surface area (Å²) in [6.45, 7) is 0. The van der Waals surface area contributed by atoms with Crippen molar-refractivity contribution in [2.75, 3.05) is 24.8 Å². The van der Waals surface area contributed by atoms with Crippen LogP contribution in [0.15, 0.2) is 34.8 Å². The highest BCUT2D eigenvalue weighted by Crippen LogP contribution is 2.30. The Bertz CT molecular complexity index is 678. The highest BCUT2D eigenvalue weighted by molar-refractivity contribution is 9.10. The third-order valence-corrected chi connectivity index (χ3v) is 3.40. The lowest BCUT2D eigenvalue weighted by atomic mass is 10.3. The van der Waals surface area contributed by atoms with Crippen molar-refractivity contribution in [2.24, 2.45) is 0 Å². The van der Waals surface area contributed by atoms with Crippen molar-refractivity contribution in [1.82, 2.24) is 4.98 Å². The maximum Gasteiger partial charge on any atom is 0.276 e. The van der Waals surface area contributed by atoms with Crippen LogP contribution in [-0.2, 0) is 0 Å². The van der Waals surface area contributed by atoms with Crippen LogP contribution in [-0.4, -0.2) is 24.1 Å². The minimum Gasteiger partial charge on any atom is -0.497 e. The van der Waals surface area contributed by atoms with E-state index >= 15 is 0 Å². The van der Waals surface area contributed by atoms with Crippen molar-refractivity contribution in [3.63, 3.8) is 0 Å². The number of aromatic nitrogens is 1. The number of anilines is 3. The smallest absolute Gasteiger partial charge is 0.276 e. The Kier molecular flexibility index (Phi) is 4.59. The van der Waals surface area contributed by atoms with E-state index in [2.05, 4.69) is 31.5 Å². The van der Waals surface area contributed by atoms with Gasteiger partial charge in [-0.2, -0.15) is 0 Å². The molecule has 0 unspecified atom stereocenters. The van der Waals surface area contributed by atoms with Crippen LogP contribution >= 0.6 is 15.9 Å². The average molecular weight is 353 g/mol. The predicted octanol–water partition coefficient (Wildman–Crippen LogP) is 3.55. The largest absolute Gasteiger partial charge is 0.497 e. The van der Waals surface area contributed by atoms with Crippen molar-refractivity contribution in [3.05, 3.63) is 44.9 Å². The zero-order chi connectivity index (χ0) is 15.4. The SMILES string of the molecule is CNc1cc([N+](=O)[O-])cc(Nc2cc(OC)ccc2Br)n1. The van der Waals surface area contributed by atoms with E-state index in [9.17, 15) is 10.1 Å². The molecule has 0 saturated carbocycles. The Labute approximate surface area is 129 Å². The summed E-state index contributed by atoms with van der Waals surface area (Å²) in [5.74, 6) is 1.44. The first-order valence-corrected chi connectivity index (χ1v) is 6.77. The minimum atomic E-state index is -0.464. The van der Waals surface area contributed by atoms with Crippen LogP contribution in [0.5, 0.6) is 5.75 Å². The molecule has 0 amide bonds. The Hall–Kier alpha value is -2.35. The first-order chi connectivity index (χ1) is 10.0. The lowest BCUT2D eigenvalue weighted by Gasteiger charge is -2.10. The van der Waals surface area contributed by atoms with E-state index < -0.39 is 4.92 Å². The van der Waals surface area contributed by atoms with E-state index in [1.165, 1.54) is 12.1 Å². The second kappa shape index (κ2) is 6.40. The maximum atomic E-state index is 10.9. The van der Waals surface area contributed by atoms with Gasteiger partial charge < -0.3 is 15.4 Å². The third-order valence-electron chi connectivity index (χ3n) is 2.71. The number of hydrogen-bond acceptors (Lipinski definition) is 6. The van der Waals surface area contributed by atoms with E-state index in [1.807, 2.05) is 6.07 Å². The topological polar surface area (TPSA) is 89.3 Å². The van der Waals surface area contributed by atoms with E-state index in [0.29, 0.717) is 23.1 Å². The number of ether oxygens (including phenoxy) is 1. The molecule has 1 aromatic heterocycles. The van der Waals surface area contributed by atoms with Crippen molar-refractivity contribution in [3.8, 4) is 5.75 Å². The standard InChI is InChI=1S/C13H13BrN4O3/c1-15-12-5-8(18(19)20)6-13(17-12)16-11-7-9(21-2)3-4-10(11)14/h3-7H,1-2H3,(H2,15,16,17). The van der Waals surface area contributed by atoms with Gasteiger partial charge in [-0.1, -0.05) is 0 Å². The summed E-state index contributed by atoms with van der Waals surface area (Å²) in [7, 11) is 3.22. The van der Waals surface area contributed by atoms with Crippen LogP contribution in [0.3, 0.4) is 0 Å². The molecule has 1 aromatic carbocycles. The summed E-state index contributed by atoms with van der Waals surface area (Å²) in [6, 6.07) is 8.12. The quantitative estimate of drug-likeness (QED) is 0.631. The van der Waals surface area contributed by atoms with Gasteiger partial charge in [0.1, 0.15) is 17.4 Å². The van der Waals surface area contributed by atoms with Crippen molar-refractivity contribution < 1.29 is 9.66 Å². The van der Waals surface area contributed by atoms with Gasteiger partial charge in [0.2, 0.25) is 0 Å². The molecule has 0 saturated heterocycles. The lowest BCUT2D eigenvalue weighted by Crippen LogP contribution is -2.01. The van der Waals surface area contributed by atoms with Gasteiger partial charge in [-0.25, -0.2) is 4.98 Å². The molecule has 2 aromatic rings.